The number of benzene rings is 3. The summed E-state index contributed by atoms with van der Waals surface area (Å²) in [6, 6.07) is 25.3. The molecule has 6 rings (SSSR count). The van der Waals surface area contributed by atoms with Crippen molar-refractivity contribution < 1.29 is 4.79 Å². The van der Waals surface area contributed by atoms with Crippen molar-refractivity contribution in [1.82, 2.24) is 14.5 Å². The Morgan fingerprint density at radius 2 is 1.56 bits per heavy atom. The first-order valence-electron chi connectivity index (χ1n) is 12.6. The highest BCUT2D eigenvalue weighted by Crippen LogP contribution is 2.35. The van der Waals surface area contributed by atoms with Gasteiger partial charge in [-0.2, -0.15) is 0 Å². The van der Waals surface area contributed by atoms with Gasteiger partial charge in [-0.05, 0) is 51.2 Å². The van der Waals surface area contributed by atoms with Crippen LogP contribution in [0.1, 0.15) is 40.0 Å². The Kier molecular flexibility index (Phi) is 6.02. The lowest BCUT2D eigenvalue weighted by Gasteiger charge is -2.14. The van der Waals surface area contributed by atoms with E-state index in [1.807, 2.05) is 10.6 Å². The van der Waals surface area contributed by atoms with Crippen LogP contribution in [0, 0.1) is 13.8 Å². The van der Waals surface area contributed by atoms with E-state index in [9.17, 15) is 4.79 Å². The number of nitrogens with zero attached hydrogens (tertiary/aromatic N) is 2. The van der Waals surface area contributed by atoms with Crippen LogP contribution in [-0.4, -0.2) is 26.2 Å². The van der Waals surface area contributed by atoms with Crippen LogP contribution in [0.2, 0.25) is 0 Å². The van der Waals surface area contributed by atoms with Crippen molar-refractivity contribution in [2.75, 3.05) is 5.75 Å². The molecule has 0 atom stereocenters. The molecule has 0 saturated carbocycles. The van der Waals surface area contributed by atoms with Crippen molar-refractivity contribution in [2.45, 2.75) is 44.7 Å². The highest BCUT2D eigenvalue weighted by atomic mass is 32.2. The number of imidazole rings is 1. The topological polar surface area (TPSA) is 50.7 Å². The largest absolute Gasteiger partial charge is 0.332 e. The van der Waals surface area contributed by atoms with E-state index in [1.165, 1.54) is 46.0 Å². The molecular weight excluding hydrogens is 462 g/mol. The fraction of sp³-hybridized carbons (Fsp3) is 0.226. The van der Waals surface area contributed by atoms with Crippen molar-refractivity contribution in [3.8, 4) is 22.5 Å². The zero-order valence-electron chi connectivity index (χ0n) is 20.7. The van der Waals surface area contributed by atoms with Gasteiger partial charge in [0.25, 0.3) is 0 Å². The summed E-state index contributed by atoms with van der Waals surface area (Å²) in [5.74, 6) is 0.448. The van der Waals surface area contributed by atoms with Crippen molar-refractivity contribution in [3.63, 3.8) is 0 Å². The number of aromatic amines is 1. The molecule has 0 fully saturated rings. The third-order valence-corrected chi connectivity index (χ3v) is 7.97. The first-order valence-corrected chi connectivity index (χ1v) is 13.6. The maximum Gasteiger partial charge on any atom is 0.241 e. The first-order chi connectivity index (χ1) is 17.6. The lowest BCUT2D eigenvalue weighted by molar-refractivity contribution is 0.0943. The first kappa shape index (κ1) is 22.9. The van der Waals surface area contributed by atoms with E-state index in [0.717, 1.165) is 52.5 Å². The van der Waals surface area contributed by atoms with E-state index >= 15 is 0 Å². The number of para-hydroxylation sites is 1. The lowest BCUT2D eigenvalue weighted by atomic mass is 9.96. The number of fused-ring (bicyclic) bond motifs is 3. The average Bonchev–Trinajstić information content (AvgIpc) is 3.48. The number of nitrogens with one attached hydrogen (secondary N) is 1. The van der Waals surface area contributed by atoms with E-state index in [-0.39, 0.29) is 5.91 Å². The lowest BCUT2D eigenvalue weighted by Crippen LogP contribution is -2.18. The maximum atomic E-state index is 13.6. The van der Waals surface area contributed by atoms with Crippen molar-refractivity contribution >= 4 is 28.6 Å². The van der Waals surface area contributed by atoms with Gasteiger partial charge in [0.2, 0.25) is 5.91 Å². The van der Waals surface area contributed by atoms with Gasteiger partial charge in [-0.1, -0.05) is 89.6 Å². The summed E-state index contributed by atoms with van der Waals surface area (Å²) in [6.45, 7) is 4.18. The number of carbonyl (C=O) groups excluding carboxylic acids is 1. The highest BCUT2D eigenvalue weighted by molar-refractivity contribution is 7.99. The summed E-state index contributed by atoms with van der Waals surface area (Å²) >= 11 is 1.48. The van der Waals surface area contributed by atoms with Gasteiger partial charge in [-0.15, -0.1) is 0 Å². The van der Waals surface area contributed by atoms with E-state index in [2.05, 4.69) is 85.6 Å². The molecule has 0 unspecified atom stereocenters. The highest BCUT2D eigenvalue weighted by Gasteiger charge is 2.24. The minimum absolute atomic E-state index is 0.115. The van der Waals surface area contributed by atoms with Crippen LogP contribution in [0.5, 0.6) is 0 Å². The molecule has 2 heterocycles. The Hall–Kier alpha value is -3.57. The predicted molar refractivity (Wildman–Crippen MR) is 149 cm³/mol. The third-order valence-electron chi connectivity index (χ3n) is 7.11. The molecule has 1 aliphatic rings. The van der Waals surface area contributed by atoms with Crippen LogP contribution in [-0.2, 0) is 12.8 Å². The Labute approximate surface area is 215 Å². The molecule has 5 aromatic rings. The minimum Gasteiger partial charge on any atom is -0.332 e. The van der Waals surface area contributed by atoms with Gasteiger partial charge in [-0.25, -0.2) is 4.98 Å². The molecule has 4 nitrogen and oxygen atoms in total. The van der Waals surface area contributed by atoms with Crippen LogP contribution < -0.4 is 0 Å². The van der Waals surface area contributed by atoms with Crippen molar-refractivity contribution in [2.24, 2.45) is 0 Å². The number of H-pyrrole nitrogens is 1. The number of hydrogen-bond donors (Lipinski definition) is 1. The Morgan fingerprint density at radius 3 is 2.31 bits per heavy atom. The van der Waals surface area contributed by atoms with Crippen LogP contribution in [0.3, 0.4) is 0 Å². The smallest absolute Gasteiger partial charge is 0.241 e. The zero-order valence-corrected chi connectivity index (χ0v) is 21.5. The van der Waals surface area contributed by atoms with Gasteiger partial charge < -0.3 is 4.98 Å². The van der Waals surface area contributed by atoms with Crippen LogP contribution in [0.15, 0.2) is 78.0 Å². The number of aromatic nitrogens is 3. The standard InChI is InChI=1S/C31H29N3OS/c1-20-11-15-22(16-12-20)29-30(23-17-13-21(2)14-18-23)33-31(32-29)36-19-28(35)34-26-9-5-3-7-24(26)25-8-4-6-10-27(25)34/h3,5,7,9,11-18H,4,6,8,10,19H2,1-2H3,(H,32,33). The second kappa shape index (κ2) is 9.47. The maximum absolute atomic E-state index is 13.6. The summed E-state index contributed by atoms with van der Waals surface area (Å²) < 4.78 is 1.97. The fourth-order valence-corrected chi connectivity index (χ4v) is 5.96. The van der Waals surface area contributed by atoms with Gasteiger partial charge in [-0.3, -0.25) is 9.36 Å². The normalized spacial score (nSPS) is 13.2. The average molecular weight is 492 g/mol. The molecule has 2 aromatic heterocycles. The summed E-state index contributed by atoms with van der Waals surface area (Å²) in [6.07, 6.45) is 4.36. The molecule has 3 aromatic carbocycles. The SMILES string of the molecule is Cc1ccc(-c2nc(SCC(=O)n3c4c(c5ccccc53)CCCC4)[nH]c2-c2ccc(C)cc2)cc1. The number of carbonyl (C=O) groups is 1. The quantitative estimate of drug-likeness (QED) is 0.257. The van der Waals surface area contributed by atoms with Crippen molar-refractivity contribution in [3.05, 3.63) is 95.2 Å². The Bertz CT molecular complexity index is 1500. The molecule has 0 amide bonds. The number of aryl methyl sites for hydroxylation is 3. The molecule has 180 valence electrons. The second-order valence-corrected chi connectivity index (χ2v) is 10.6. The van der Waals surface area contributed by atoms with Gasteiger partial charge >= 0.3 is 0 Å². The molecule has 0 aliphatic heterocycles. The molecule has 0 spiro atoms. The molecule has 1 aliphatic carbocycles. The zero-order chi connectivity index (χ0) is 24.6. The fourth-order valence-electron chi connectivity index (χ4n) is 5.24. The molecule has 5 heteroatoms. The third kappa shape index (κ3) is 4.18. The van der Waals surface area contributed by atoms with Gasteiger partial charge in [0.05, 0.1) is 22.7 Å². The van der Waals surface area contributed by atoms with E-state index < -0.39 is 0 Å². The summed E-state index contributed by atoms with van der Waals surface area (Å²) in [4.78, 5) is 22.1. The molecular formula is C31H29N3OS. The molecule has 0 saturated heterocycles. The number of hydrogen-bond acceptors (Lipinski definition) is 3. The van der Waals surface area contributed by atoms with E-state index in [4.69, 9.17) is 4.98 Å². The van der Waals surface area contributed by atoms with E-state index in [0.29, 0.717) is 5.75 Å². The van der Waals surface area contributed by atoms with Crippen LogP contribution in [0.4, 0.5) is 0 Å². The van der Waals surface area contributed by atoms with Gasteiger partial charge in [0.1, 0.15) is 0 Å². The summed E-state index contributed by atoms with van der Waals surface area (Å²) in [7, 11) is 0. The number of rotatable bonds is 5. The van der Waals surface area contributed by atoms with Crippen LogP contribution >= 0.6 is 11.8 Å². The van der Waals surface area contributed by atoms with Gasteiger partial charge in [0, 0.05) is 22.2 Å². The predicted octanol–water partition coefficient (Wildman–Crippen LogP) is 7.63. The Morgan fingerprint density at radius 1 is 0.889 bits per heavy atom. The Balaban J connectivity index is 1.33. The molecule has 0 bridgehead atoms. The summed E-state index contributed by atoms with van der Waals surface area (Å²) in [5, 5.41) is 1.99. The van der Waals surface area contributed by atoms with Crippen molar-refractivity contribution in [1.29, 1.82) is 0 Å². The van der Waals surface area contributed by atoms with E-state index in [1.54, 1.807) is 0 Å². The monoisotopic (exact) mass is 491 g/mol. The minimum atomic E-state index is 0.115. The van der Waals surface area contributed by atoms with Gasteiger partial charge in [0.15, 0.2) is 5.16 Å². The number of thioether (sulfide) groups is 1. The summed E-state index contributed by atoms with van der Waals surface area (Å²) in [5.41, 5.74) is 10.1. The molecule has 36 heavy (non-hydrogen) atoms. The van der Waals surface area contributed by atoms with Crippen LogP contribution in [0.25, 0.3) is 33.4 Å². The molecule has 0 radical (unpaired) electrons. The molecule has 1 N–H and O–H groups in total. The second-order valence-electron chi connectivity index (χ2n) is 9.66.